The smallest absolute Gasteiger partial charge is 0.231 e. The molecule has 2 aromatic heterocycles. The highest BCUT2D eigenvalue weighted by Crippen LogP contribution is 2.30. The van der Waals surface area contributed by atoms with Crippen LogP contribution in [0.3, 0.4) is 0 Å². The molecule has 0 amide bonds. The minimum atomic E-state index is 0.175. The van der Waals surface area contributed by atoms with Gasteiger partial charge in [-0.3, -0.25) is 0 Å². The number of rotatable bonds is 2. The third-order valence-electron chi connectivity index (χ3n) is 4.74. The first-order valence-electron chi connectivity index (χ1n) is 9.83. The van der Waals surface area contributed by atoms with Crippen molar-refractivity contribution >= 4 is 22.2 Å². The standard InChI is InChI=1S/C13H9NO2.C13H9NO/c15-11-7-3-1-5-9(11)13-14-10-6-2-4-8-12(10)16-13;1-2-6-10(7-3-1)13-14-11-8-4-5-9-12(11)15-13/h1-8,15H;1-9H. The van der Waals surface area contributed by atoms with E-state index in [1.807, 2.05) is 84.9 Å². The second-order valence-corrected chi connectivity index (χ2v) is 6.86. The van der Waals surface area contributed by atoms with Gasteiger partial charge in [-0.15, -0.1) is 0 Å². The van der Waals surface area contributed by atoms with E-state index in [0.29, 0.717) is 17.3 Å². The molecule has 6 rings (SSSR count). The fourth-order valence-corrected chi connectivity index (χ4v) is 3.22. The molecule has 0 spiro atoms. The number of phenolic OH excluding ortho intramolecular Hbond substituents is 1. The van der Waals surface area contributed by atoms with Gasteiger partial charge in [0.1, 0.15) is 16.8 Å². The Kier molecular flexibility index (Phi) is 4.91. The minimum Gasteiger partial charge on any atom is -0.507 e. The number of para-hydroxylation sites is 5. The van der Waals surface area contributed by atoms with Gasteiger partial charge >= 0.3 is 0 Å². The van der Waals surface area contributed by atoms with Crippen molar-refractivity contribution in [3.63, 3.8) is 0 Å². The summed E-state index contributed by atoms with van der Waals surface area (Å²) in [6.45, 7) is 0. The van der Waals surface area contributed by atoms with E-state index < -0.39 is 0 Å². The molecular formula is C26H18N2O3. The summed E-state index contributed by atoms with van der Waals surface area (Å²) in [5.41, 5.74) is 4.86. The van der Waals surface area contributed by atoms with Crippen LogP contribution in [0.4, 0.5) is 0 Å². The zero-order valence-corrected chi connectivity index (χ0v) is 16.5. The number of hydrogen-bond donors (Lipinski definition) is 1. The Labute approximate surface area is 178 Å². The average Bonchev–Trinajstić information content (AvgIpc) is 3.45. The topological polar surface area (TPSA) is 72.3 Å². The molecule has 0 saturated heterocycles. The van der Waals surface area contributed by atoms with Crippen LogP contribution in [0.15, 0.2) is 112 Å². The molecule has 1 N–H and O–H groups in total. The van der Waals surface area contributed by atoms with E-state index in [1.54, 1.807) is 18.2 Å². The summed E-state index contributed by atoms with van der Waals surface area (Å²) in [6.07, 6.45) is 0. The molecular weight excluding hydrogens is 388 g/mol. The summed E-state index contributed by atoms with van der Waals surface area (Å²) in [4.78, 5) is 8.73. The maximum Gasteiger partial charge on any atom is 0.231 e. The third-order valence-corrected chi connectivity index (χ3v) is 4.74. The summed E-state index contributed by atoms with van der Waals surface area (Å²) >= 11 is 0. The molecule has 0 aliphatic heterocycles. The highest BCUT2D eigenvalue weighted by atomic mass is 16.4. The number of benzene rings is 4. The van der Waals surface area contributed by atoms with E-state index in [2.05, 4.69) is 9.97 Å². The van der Waals surface area contributed by atoms with E-state index >= 15 is 0 Å². The van der Waals surface area contributed by atoms with Crippen LogP contribution in [0.1, 0.15) is 0 Å². The highest BCUT2D eigenvalue weighted by Gasteiger charge is 2.10. The van der Waals surface area contributed by atoms with Crippen molar-refractivity contribution in [1.82, 2.24) is 9.97 Å². The normalized spacial score (nSPS) is 10.7. The molecule has 0 saturated carbocycles. The van der Waals surface area contributed by atoms with E-state index in [0.717, 1.165) is 27.8 Å². The molecule has 0 radical (unpaired) electrons. The lowest BCUT2D eigenvalue weighted by Crippen LogP contribution is -1.77. The molecule has 150 valence electrons. The predicted octanol–water partition coefficient (Wildman–Crippen LogP) is 6.70. The second kappa shape index (κ2) is 8.16. The lowest BCUT2D eigenvalue weighted by Gasteiger charge is -1.97. The average molecular weight is 406 g/mol. The number of fused-ring (bicyclic) bond motifs is 2. The predicted molar refractivity (Wildman–Crippen MR) is 121 cm³/mol. The maximum absolute atomic E-state index is 9.69. The van der Waals surface area contributed by atoms with Crippen LogP contribution >= 0.6 is 0 Å². The van der Waals surface area contributed by atoms with Crippen LogP contribution in [0.2, 0.25) is 0 Å². The zero-order valence-electron chi connectivity index (χ0n) is 16.5. The van der Waals surface area contributed by atoms with Gasteiger partial charge in [0.25, 0.3) is 0 Å². The highest BCUT2D eigenvalue weighted by molar-refractivity contribution is 5.77. The Morgan fingerprint density at radius 1 is 0.516 bits per heavy atom. The molecule has 0 aliphatic carbocycles. The third kappa shape index (κ3) is 3.89. The molecule has 0 aliphatic rings. The van der Waals surface area contributed by atoms with Gasteiger partial charge in [-0.2, -0.15) is 0 Å². The van der Waals surface area contributed by atoms with Gasteiger partial charge in [-0.25, -0.2) is 9.97 Å². The first-order valence-corrected chi connectivity index (χ1v) is 9.83. The first kappa shape index (κ1) is 18.6. The summed E-state index contributed by atoms with van der Waals surface area (Å²) in [5.74, 6) is 1.30. The van der Waals surface area contributed by atoms with E-state index in [4.69, 9.17) is 8.83 Å². The number of aromatic nitrogens is 2. The summed E-state index contributed by atoms with van der Waals surface area (Å²) < 4.78 is 11.2. The second-order valence-electron chi connectivity index (χ2n) is 6.86. The summed E-state index contributed by atoms with van der Waals surface area (Å²) in [5, 5.41) is 9.69. The Morgan fingerprint density at radius 3 is 1.68 bits per heavy atom. The Hall–Kier alpha value is -4.38. The van der Waals surface area contributed by atoms with Crippen molar-refractivity contribution in [2.75, 3.05) is 0 Å². The van der Waals surface area contributed by atoms with Gasteiger partial charge in [0.15, 0.2) is 11.2 Å². The summed E-state index contributed by atoms with van der Waals surface area (Å²) in [7, 11) is 0. The molecule has 5 heteroatoms. The number of oxazole rings is 2. The van der Waals surface area contributed by atoms with Crippen molar-refractivity contribution in [3.8, 4) is 28.7 Å². The van der Waals surface area contributed by atoms with E-state index in [-0.39, 0.29) is 5.75 Å². The molecule has 0 atom stereocenters. The van der Waals surface area contributed by atoms with Gasteiger partial charge in [0.2, 0.25) is 11.8 Å². The SMILES string of the molecule is Oc1ccccc1-c1nc2ccccc2o1.c1ccc(-c2nc3ccccc3o2)cc1. The molecule has 0 unspecified atom stereocenters. The fraction of sp³-hybridized carbons (Fsp3) is 0. The van der Waals surface area contributed by atoms with E-state index in [9.17, 15) is 5.11 Å². The van der Waals surface area contributed by atoms with Gasteiger partial charge in [0.05, 0.1) is 5.56 Å². The van der Waals surface area contributed by atoms with Crippen LogP contribution in [-0.4, -0.2) is 15.1 Å². The maximum atomic E-state index is 9.69. The van der Waals surface area contributed by atoms with Crippen molar-refractivity contribution in [2.24, 2.45) is 0 Å². The quantitative estimate of drug-likeness (QED) is 0.347. The van der Waals surface area contributed by atoms with Crippen LogP contribution in [-0.2, 0) is 0 Å². The summed E-state index contributed by atoms with van der Waals surface area (Å²) in [6, 6.07) is 32.2. The van der Waals surface area contributed by atoms with Crippen molar-refractivity contribution in [1.29, 1.82) is 0 Å². The fourth-order valence-electron chi connectivity index (χ4n) is 3.22. The minimum absolute atomic E-state index is 0.175. The Bertz CT molecular complexity index is 1390. The largest absolute Gasteiger partial charge is 0.507 e. The Balaban J connectivity index is 0.000000132. The molecule has 5 nitrogen and oxygen atoms in total. The zero-order chi connectivity index (χ0) is 21.0. The molecule has 0 fully saturated rings. The van der Waals surface area contributed by atoms with E-state index in [1.165, 1.54) is 0 Å². The monoisotopic (exact) mass is 406 g/mol. The molecule has 0 bridgehead atoms. The Morgan fingerprint density at radius 2 is 1.03 bits per heavy atom. The van der Waals surface area contributed by atoms with Crippen molar-refractivity contribution in [3.05, 3.63) is 103 Å². The first-order chi connectivity index (χ1) is 15.3. The van der Waals surface area contributed by atoms with Gasteiger partial charge in [0, 0.05) is 5.56 Å². The molecule has 31 heavy (non-hydrogen) atoms. The lowest BCUT2D eigenvalue weighted by atomic mass is 10.2. The van der Waals surface area contributed by atoms with Crippen LogP contribution < -0.4 is 0 Å². The molecule has 4 aromatic carbocycles. The molecule has 6 aromatic rings. The van der Waals surface area contributed by atoms with Crippen LogP contribution in [0.25, 0.3) is 45.1 Å². The number of nitrogens with zero attached hydrogens (tertiary/aromatic N) is 2. The van der Waals surface area contributed by atoms with Gasteiger partial charge < -0.3 is 13.9 Å². The number of phenols is 1. The van der Waals surface area contributed by atoms with Crippen LogP contribution in [0, 0.1) is 0 Å². The number of hydrogen-bond acceptors (Lipinski definition) is 5. The molecule has 2 heterocycles. The van der Waals surface area contributed by atoms with Crippen LogP contribution in [0.5, 0.6) is 5.75 Å². The van der Waals surface area contributed by atoms with Gasteiger partial charge in [-0.05, 0) is 48.5 Å². The van der Waals surface area contributed by atoms with Gasteiger partial charge in [-0.1, -0.05) is 54.6 Å². The van der Waals surface area contributed by atoms with Crippen molar-refractivity contribution < 1.29 is 13.9 Å². The van der Waals surface area contributed by atoms with Crippen molar-refractivity contribution in [2.45, 2.75) is 0 Å². The lowest BCUT2D eigenvalue weighted by molar-refractivity contribution is 0.474. The number of aromatic hydroxyl groups is 1.